The molecule has 0 aliphatic heterocycles. The number of likely N-dealkylation sites (N-methyl/N-ethyl adjacent to an activating group) is 1. The number of aliphatic hydroxyl groups is 1. The van der Waals surface area contributed by atoms with Crippen molar-refractivity contribution in [3.05, 3.63) is 0 Å². The van der Waals surface area contributed by atoms with Crippen LogP contribution in [0.15, 0.2) is 0 Å². The van der Waals surface area contributed by atoms with E-state index >= 15 is 0 Å². The van der Waals surface area contributed by atoms with Crippen molar-refractivity contribution in [2.45, 2.75) is 52.2 Å². The van der Waals surface area contributed by atoms with Crippen molar-refractivity contribution in [3.8, 4) is 0 Å². The van der Waals surface area contributed by atoms with Gasteiger partial charge in [-0.1, -0.05) is 13.8 Å². The molecule has 4 heteroatoms. The number of aliphatic hydroxyl groups excluding tert-OH is 1. The van der Waals surface area contributed by atoms with Crippen molar-refractivity contribution in [1.29, 1.82) is 0 Å². The van der Waals surface area contributed by atoms with Gasteiger partial charge in [0.25, 0.3) is 0 Å². The molecule has 0 heterocycles. The van der Waals surface area contributed by atoms with Gasteiger partial charge in [0.05, 0.1) is 12.2 Å². The van der Waals surface area contributed by atoms with Gasteiger partial charge in [0.2, 0.25) is 0 Å². The van der Waals surface area contributed by atoms with E-state index in [9.17, 15) is 5.11 Å². The molecular formula is C14H32N2O2. The molecule has 0 aliphatic carbocycles. The van der Waals surface area contributed by atoms with E-state index in [0.717, 1.165) is 32.6 Å². The minimum absolute atomic E-state index is 0.123. The van der Waals surface area contributed by atoms with Crippen molar-refractivity contribution in [2.75, 3.05) is 39.9 Å². The van der Waals surface area contributed by atoms with E-state index in [1.54, 1.807) is 7.11 Å². The summed E-state index contributed by atoms with van der Waals surface area (Å²) in [5.41, 5.74) is -0.508. The number of hydrogen-bond acceptors (Lipinski definition) is 4. The summed E-state index contributed by atoms with van der Waals surface area (Å²) in [6.07, 6.45) is 0.783. The zero-order chi connectivity index (χ0) is 14.2. The fourth-order valence-electron chi connectivity index (χ4n) is 2.24. The average Bonchev–Trinajstić information content (AvgIpc) is 2.34. The number of ether oxygens (including phenoxy) is 1. The quantitative estimate of drug-likeness (QED) is 0.624. The van der Waals surface area contributed by atoms with Gasteiger partial charge in [-0.2, -0.15) is 0 Å². The van der Waals surface area contributed by atoms with Crippen molar-refractivity contribution in [3.63, 3.8) is 0 Å². The molecule has 0 aliphatic rings. The molecule has 1 atom stereocenters. The lowest BCUT2D eigenvalue weighted by Crippen LogP contribution is -2.52. The molecule has 4 nitrogen and oxygen atoms in total. The Kier molecular flexibility index (Phi) is 8.03. The van der Waals surface area contributed by atoms with Gasteiger partial charge in [-0.25, -0.2) is 0 Å². The Labute approximate surface area is 113 Å². The Balaban J connectivity index is 4.23. The predicted molar refractivity (Wildman–Crippen MR) is 77.0 cm³/mol. The van der Waals surface area contributed by atoms with Crippen LogP contribution in [-0.2, 0) is 4.74 Å². The molecule has 0 aromatic heterocycles. The molecule has 110 valence electrons. The Bertz CT molecular complexity index is 218. The maximum atomic E-state index is 9.59. The van der Waals surface area contributed by atoms with E-state index in [4.69, 9.17) is 4.74 Å². The summed E-state index contributed by atoms with van der Waals surface area (Å²) >= 11 is 0. The maximum Gasteiger partial charge on any atom is 0.0641 e. The third-order valence-corrected chi connectivity index (χ3v) is 3.59. The van der Waals surface area contributed by atoms with E-state index in [2.05, 4.69) is 31.0 Å². The summed E-state index contributed by atoms with van der Waals surface area (Å²) in [5, 5.41) is 13.1. The second-order valence-corrected chi connectivity index (χ2v) is 5.81. The average molecular weight is 260 g/mol. The molecule has 1 unspecified atom stereocenters. The van der Waals surface area contributed by atoms with Crippen LogP contribution in [0.4, 0.5) is 0 Å². The lowest BCUT2D eigenvalue weighted by Gasteiger charge is -2.37. The van der Waals surface area contributed by atoms with E-state index in [1.165, 1.54) is 0 Å². The number of methoxy groups -OCH3 is 1. The van der Waals surface area contributed by atoms with E-state index < -0.39 is 0 Å². The van der Waals surface area contributed by atoms with Crippen LogP contribution in [0.2, 0.25) is 0 Å². The molecular weight excluding hydrogens is 228 g/mol. The molecule has 0 radical (unpaired) electrons. The lowest BCUT2D eigenvalue weighted by molar-refractivity contribution is -0.0165. The maximum absolute atomic E-state index is 9.59. The normalized spacial score (nSPS) is 16.0. The molecule has 0 saturated heterocycles. The Morgan fingerprint density at radius 2 is 1.72 bits per heavy atom. The van der Waals surface area contributed by atoms with Crippen molar-refractivity contribution in [1.82, 2.24) is 10.2 Å². The molecule has 0 rings (SSSR count). The molecule has 0 saturated carbocycles. The molecule has 0 fully saturated rings. The van der Waals surface area contributed by atoms with Crippen LogP contribution in [-0.4, -0.2) is 61.0 Å². The second-order valence-electron chi connectivity index (χ2n) is 5.81. The Morgan fingerprint density at radius 3 is 2.11 bits per heavy atom. The fraction of sp³-hybridized carbons (Fsp3) is 1.00. The summed E-state index contributed by atoms with van der Waals surface area (Å²) in [7, 11) is 1.72. The van der Waals surface area contributed by atoms with Crippen LogP contribution < -0.4 is 5.32 Å². The molecule has 18 heavy (non-hydrogen) atoms. The second kappa shape index (κ2) is 8.10. The standard InChI is InChI=1S/C14H32N2O2/c1-7-16(8-2)10-9-15-14(5,12-17)11-13(3,4)18-6/h15,17H,7-12H2,1-6H3. The van der Waals surface area contributed by atoms with Crippen LogP contribution in [0.1, 0.15) is 41.0 Å². The first kappa shape index (κ1) is 17.8. The smallest absolute Gasteiger partial charge is 0.0641 e. The molecule has 0 amide bonds. The lowest BCUT2D eigenvalue weighted by atomic mass is 9.88. The first-order valence-corrected chi connectivity index (χ1v) is 6.96. The predicted octanol–water partition coefficient (Wildman–Crippen LogP) is 1.48. The number of rotatable bonds is 10. The third kappa shape index (κ3) is 6.69. The zero-order valence-corrected chi connectivity index (χ0v) is 13.0. The van der Waals surface area contributed by atoms with Crippen LogP contribution in [0.5, 0.6) is 0 Å². The number of nitrogens with zero attached hydrogens (tertiary/aromatic N) is 1. The minimum atomic E-state index is -0.285. The highest BCUT2D eigenvalue weighted by molar-refractivity contribution is 4.89. The summed E-state index contributed by atoms with van der Waals surface area (Å²) in [6.45, 7) is 14.6. The highest BCUT2D eigenvalue weighted by Gasteiger charge is 2.31. The largest absolute Gasteiger partial charge is 0.394 e. The van der Waals surface area contributed by atoms with Crippen LogP contribution >= 0.6 is 0 Å². The van der Waals surface area contributed by atoms with Gasteiger partial charge in [0.15, 0.2) is 0 Å². The van der Waals surface area contributed by atoms with Gasteiger partial charge in [-0.15, -0.1) is 0 Å². The molecule has 0 aromatic carbocycles. The monoisotopic (exact) mass is 260 g/mol. The van der Waals surface area contributed by atoms with Gasteiger partial charge >= 0.3 is 0 Å². The summed E-state index contributed by atoms with van der Waals surface area (Å²) < 4.78 is 5.44. The highest BCUT2D eigenvalue weighted by Crippen LogP contribution is 2.22. The van der Waals surface area contributed by atoms with Crippen LogP contribution in [0.25, 0.3) is 0 Å². The highest BCUT2D eigenvalue weighted by atomic mass is 16.5. The molecule has 2 N–H and O–H groups in total. The third-order valence-electron chi connectivity index (χ3n) is 3.59. The van der Waals surface area contributed by atoms with Gasteiger partial charge in [0.1, 0.15) is 0 Å². The molecule has 0 aromatic rings. The van der Waals surface area contributed by atoms with E-state index in [0.29, 0.717) is 0 Å². The Hall–Kier alpha value is -0.160. The fourth-order valence-corrected chi connectivity index (χ4v) is 2.24. The topological polar surface area (TPSA) is 44.7 Å². The van der Waals surface area contributed by atoms with Crippen molar-refractivity contribution >= 4 is 0 Å². The minimum Gasteiger partial charge on any atom is -0.394 e. The van der Waals surface area contributed by atoms with Crippen molar-refractivity contribution in [2.24, 2.45) is 0 Å². The van der Waals surface area contributed by atoms with Gasteiger partial charge < -0.3 is 20.1 Å². The van der Waals surface area contributed by atoms with E-state index in [1.807, 2.05) is 13.8 Å². The van der Waals surface area contributed by atoms with Gasteiger partial charge in [-0.3, -0.25) is 0 Å². The van der Waals surface area contributed by atoms with Gasteiger partial charge in [-0.05, 0) is 40.3 Å². The SMILES string of the molecule is CCN(CC)CCNC(C)(CO)CC(C)(C)OC. The molecule has 0 bridgehead atoms. The molecule has 0 spiro atoms. The summed E-state index contributed by atoms with van der Waals surface area (Å²) in [4.78, 5) is 2.37. The first-order valence-electron chi connectivity index (χ1n) is 6.96. The van der Waals surface area contributed by atoms with E-state index in [-0.39, 0.29) is 17.7 Å². The van der Waals surface area contributed by atoms with Crippen molar-refractivity contribution < 1.29 is 9.84 Å². The number of hydrogen-bond donors (Lipinski definition) is 2. The first-order chi connectivity index (χ1) is 8.32. The van der Waals surface area contributed by atoms with Crippen LogP contribution in [0.3, 0.4) is 0 Å². The van der Waals surface area contributed by atoms with Gasteiger partial charge in [0, 0.05) is 25.7 Å². The number of nitrogens with one attached hydrogen (secondary N) is 1. The summed E-state index contributed by atoms with van der Waals surface area (Å²) in [6, 6.07) is 0. The summed E-state index contributed by atoms with van der Waals surface area (Å²) in [5.74, 6) is 0. The Morgan fingerprint density at radius 1 is 1.17 bits per heavy atom. The zero-order valence-electron chi connectivity index (χ0n) is 13.0. The van der Waals surface area contributed by atoms with Crippen LogP contribution in [0, 0.1) is 0 Å².